The highest BCUT2D eigenvalue weighted by atomic mass is 16.3. The fourth-order valence-corrected chi connectivity index (χ4v) is 2.96. The van der Waals surface area contributed by atoms with Gasteiger partial charge in [0.2, 0.25) is 0 Å². The monoisotopic (exact) mass is 265 g/mol. The summed E-state index contributed by atoms with van der Waals surface area (Å²) in [6.45, 7) is 4.84. The van der Waals surface area contributed by atoms with Crippen LogP contribution < -0.4 is 0 Å². The fraction of sp³-hybridized carbons (Fsp3) is 0.714. The lowest BCUT2D eigenvalue weighted by molar-refractivity contribution is 0.0723. The molecule has 1 unspecified atom stereocenters. The molecule has 0 bridgehead atoms. The van der Waals surface area contributed by atoms with Crippen molar-refractivity contribution in [1.29, 1.82) is 0 Å². The second kappa shape index (κ2) is 5.74. The molecule has 0 aromatic carbocycles. The number of nitrogens with zero attached hydrogens (tertiary/aromatic N) is 3. The molecule has 5 nitrogen and oxygen atoms in total. The van der Waals surface area contributed by atoms with Crippen molar-refractivity contribution in [2.24, 2.45) is 7.05 Å². The molecule has 1 saturated heterocycles. The Morgan fingerprint density at radius 3 is 2.79 bits per heavy atom. The maximum atomic E-state index is 12.7. The molecule has 2 rings (SSSR count). The molecule has 2 heterocycles. The van der Waals surface area contributed by atoms with E-state index in [2.05, 4.69) is 5.10 Å². The first-order valence-corrected chi connectivity index (χ1v) is 6.98. The zero-order valence-corrected chi connectivity index (χ0v) is 12.0. The standard InChI is InChI=1S/C14H23N3O2/c1-10-13(11(2)16(3)15-10)14(19)17-8-4-6-12(17)7-5-9-18/h12,18H,4-9H2,1-3H3. The van der Waals surface area contributed by atoms with Crippen LogP contribution in [0.25, 0.3) is 0 Å². The summed E-state index contributed by atoms with van der Waals surface area (Å²) >= 11 is 0. The van der Waals surface area contributed by atoms with Gasteiger partial charge in [-0.05, 0) is 39.5 Å². The lowest BCUT2D eigenvalue weighted by Crippen LogP contribution is -2.36. The van der Waals surface area contributed by atoms with E-state index in [4.69, 9.17) is 5.11 Å². The highest BCUT2D eigenvalue weighted by Gasteiger charge is 2.31. The molecule has 1 aromatic rings. The summed E-state index contributed by atoms with van der Waals surface area (Å²) in [4.78, 5) is 14.7. The topological polar surface area (TPSA) is 58.4 Å². The van der Waals surface area contributed by atoms with Crippen LogP contribution in [0.5, 0.6) is 0 Å². The lowest BCUT2D eigenvalue weighted by Gasteiger charge is -2.24. The van der Waals surface area contributed by atoms with Gasteiger partial charge in [-0.2, -0.15) is 5.10 Å². The van der Waals surface area contributed by atoms with E-state index in [1.165, 1.54) is 0 Å². The van der Waals surface area contributed by atoms with E-state index < -0.39 is 0 Å². The van der Waals surface area contributed by atoms with Crippen LogP contribution in [-0.2, 0) is 7.05 Å². The van der Waals surface area contributed by atoms with Crippen molar-refractivity contribution in [3.63, 3.8) is 0 Å². The summed E-state index contributed by atoms with van der Waals surface area (Å²) in [7, 11) is 1.87. The number of rotatable bonds is 4. The average molecular weight is 265 g/mol. The van der Waals surface area contributed by atoms with Crippen LogP contribution >= 0.6 is 0 Å². The van der Waals surface area contributed by atoms with Crippen molar-refractivity contribution in [3.8, 4) is 0 Å². The summed E-state index contributed by atoms with van der Waals surface area (Å²) in [5.41, 5.74) is 2.48. The van der Waals surface area contributed by atoms with Crippen LogP contribution in [0.15, 0.2) is 0 Å². The second-order valence-electron chi connectivity index (χ2n) is 5.33. The number of amides is 1. The minimum Gasteiger partial charge on any atom is -0.396 e. The Kier molecular flexibility index (Phi) is 4.24. The Labute approximate surface area is 114 Å². The predicted molar refractivity (Wildman–Crippen MR) is 73.1 cm³/mol. The van der Waals surface area contributed by atoms with Crippen molar-refractivity contribution in [1.82, 2.24) is 14.7 Å². The summed E-state index contributed by atoms with van der Waals surface area (Å²) in [6.07, 6.45) is 3.75. The van der Waals surface area contributed by atoms with Crippen LogP contribution in [0.4, 0.5) is 0 Å². The van der Waals surface area contributed by atoms with Gasteiger partial charge in [0, 0.05) is 31.9 Å². The molecule has 1 amide bonds. The Bertz CT molecular complexity index is 468. The first-order valence-electron chi connectivity index (χ1n) is 6.98. The fourth-order valence-electron chi connectivity index (χ4n) is 2.96. The van der Waals surface area contributed by atoms with Crippen LogP contribution in [0.2, 0.25) is 0 Å². The SMILES string of the molecule is Cc1nn(C)c(C)c1C(=O)N1CCCC1CCCO. The Morgan fingerprint density at radius 1 is 1.47 bits per heavy atom. The number of hydrogen-bond acceptors (Lipinski definition) is 3. The highest BCUT2D eigenvalue weighted by molar-refractivity contribution is 5.96. The van der Waals surface area contributed by atoms with E-state index in [0.29, 0.717) is 0 Å². The number of hydrogen-bond donors (Lipinski definition) is 1. The number of aryl methyl sites for hydroxylation is 2. The lowest BCUT2D eigenvalue weighted by atomic mass is 10.1. The first-order chi connectivity index (χ1) is 9.06. The maximum absolute atomic E-state index is 12.7. The van der Waals surface area contributed by atoms with Gasteiger partial charge < -0.3 is 10.0 Å². The largest absolute Gasteiger partial charge is 0.396 e. The van der Waals surface area contributed by atoms with Gasteiger partial charge in [-0.15, -0.1) is 0 Å². The third-order valence-electron chi connectivity index (χ3n) is 4.06. The van der Waals surface area contributed by atoms with Gasteiger partial charge in [-0.3, -0.25) is 9.48 Å². The van der Waals surface area contributed by atoms with Gasteiger partial charge in [0.15, 0.2) is 0 Å². The Balaban J connectivity index is 2.18. The maximum Gasteiger partial charge on any atom is 0.257 e. The number of likely N-dealkylation sites (tertiary alicyclic amines) is 1. The molecule has 0 aliphatic carbocycles. The number of carbonyl (C=O) groups excluding carboxylic acids is 1. The summed E-state index contributed by atoms with van der Waals surface area (Å²) in [5, 5.41) is 13.3. The molecule has 19 heavy (non-hydrogen) atoms. The third-order valence-corrected chi connectivity index (χ3v) is 4.06. The summed E-state index contributed by atoms with van der Waals surface area (Å²) < 4.78 is 1.77. The molecule has 106 valence electrons. The number of aromatic nitrogens is 2. The van der Waals surface area contributed by atoms with Gasteiger partial charge >= 0.3 is 0 Å². The molecule has 1 aromatic heterocycles. The summed E-state index contributed by atoms with van der Waals surface area (Å²) in [6, 6.07) is 0.277. The Morgan fingerprint density at radius 2 is 2.21 bits per heavy atom. The average Bonchev–Trinajstić information content (AvgIpc) is 2.92. The van der Waals surface area contributed by atoms with Crippen LogP contribution in [0.3, 0.4) is 0 Å². The molecule has 1 aliphatic heterocycles. The van der Waals surface area contributed by atoms with E-state index in [1.807, 2.05) is 25.8 Å². The molecule has 1 aliphatic rings. The minimum atomic E-state index is 0.100. The van der Waals surface area contributed by atoms with E-state index in [1.54, 1.807) is 4.68 Å². The number of carbonyl (C=O) groups is 1. The van der Waals surface area contributed by atoms with Crippen molar-refractivity contribution < 1.29 is 9.90 Å². The van der Waals surface area contributed by atoms with Crippen LogP contribution in [0.1, 0.15) is 47.4 Å². The van der Waals surface area contributed by atoms with E-state index in [-0.39, 0.29) is 18.6 Å². The first kappa shape index (κ1) is 14.1. The van der Waals surface area contributed by atoms with Crippen LogP contribution in [0, 0.1) is 13.8 Å². The van der Waals surface area contributed by atoms with Crippen molar-refractivity contribution in [2.75, 3.05) is 13.2 Å². The highest BCUT2D eigenvalue weighted by Crippen LogP contribution is 2.25. The van der Waals surface area contributed by atoms with E-state index in [9.17, 15) is 4.79 Å². The zero-order chi connectivity index (χ0) is 14.0. The van der Waals surface area contributed by atoms with Gasteiger partial charge in [0.05, 0.1) is 11.3 Å². The normalized spacial score (nSPS) is 19.2. The van der Waals surface area contributed by atoms with Crippen molar-refractivity contribution in [2.45, 2.75) is 45.6 Å². The van der Waals surface area contributed by atoms with Gasteiger partial charge in [0.1, 0.15) is 0 Å². The molecule has 1 N–H and O–H groups in total. The van der Waals surface area contributed by atoms with Crippen LogP contribution in [-0.4, -0.2) is 44.9 Å². The summed E-state index contributed by atoms with van der Waals surface area (Å²) in [5.74, 6) is 0.100. The zero-order valence-electron chi connectivity index (χ0n) is 12.0. The minimum absolute atomic E-state index is 0.100. The van der Waals surface area contributed by atoms with Gasteiger partial charge in [-0.25, -0.2) is 0 Å². The smallest absolute Gasteiger partial charge is 0.257 e. The molecule has 0 radical (unpaired) electrons. The quantitative estimate of drug-likeness (QED) is 0.895. The molecular formula is C14H23N3O2. The van der Waals surface area contributed by atoms with E-state index in [0.717, 1.165) is 49.2 Å². The third kappa shape index (κ3) is 2.66. The molecular weight excluding hydrogens is 242 g/mol. The molecule has 5 heteroatoms. The van der Waals surface area contributed by atoms with Crippen molar-refractivity contribution >= 4 is 5.91 Å². The second-order valence-corrected chi connectivity index (χ2v) is 5.33. The molecule has 1 atom stereocenters. The van der Waals surface area contributed by atoms with Crippen molar-refractivity contribution in [3.05, 3.63) is 17.0 Å². The molecule has 0 spiro atoms. The van der Waals surface area contributed by atoms with E-state index >= 15 is 0 Å². The molecule has 1 fully saturated rings. The Hall–Kier alpha value is -1.36. The predicted octanol–water partition coefficient (Wildman–Crippen LogP) is 1.41. The van der Waals surface area contributed by atoms with Gasteiger partial charge in [0.25, 0.3) is 5.91 Å². The van der Waals surface area contributed by atoms with Gasteiger partial charge in [-0.1, -0.05) is 0 Å². The number of aliphatic hydroxyl groups excluding tert-OH is 1. The molecule has 0 saturated carbocycles. The number of aliphatic hydroxyl groups is 1.